The van der Waals surface area contributed by atoms with E-state index in [4.69, 9.17) is 9.84 Å². The molecule has 0 spiro atoms. The lowest BCUT2D eigenvalue weighted by atomic mass is 10.1. The Morgan fingerprint density at radius 3 is 2.75 bits per heavy atom. The van der Waals surface area contributed by atoms with Crippen LogP contribution in [0.4, 0.5) is 5.82 Å². The highest BCUT2D eigenvalue weighted by Crippen LogP contribution is 2.33. The highest BCUT2D eigenvalue weighted by Gasteiger charge is 2.44. The fraction of sp³-hybridized carbons (Fsp3) is 0.562. The third-order valence-electron chi connectivity index (χ3n) is 4.35. The molecule has 0 aromatic carbocycles. The number of nitrogens with one attached hydrogen (secondary N) is 1. The van der Waals surface area contributed by atoms with E-state index in [0.717, 1.165) is 0 Å². The summed E-state index contributed by atoms with van der Waals surface area (Å²) in [7, 11) is 0. The van der Waals surface area contributed by atoms with Crippen molar-refractivity contribution in [1.82, 2.24) is 19.5 Å². The number of fused-ring (bicyclic) bond motifs is 1. The number of nitrogens with zero attached hydrogens (tertiary/aromatic N) is 4. The van der Waals surface area contributed by atoms with Crippen molar-refractivity contribution in [2.45, 2.75) is 43.8 Å². The Bertz CT molecular complexity index is 861. The molecule has 1 fully saturated rings. The standard InChI is InChI=1S/C16H21N5O6S/c1-28-5-8-12(25)13(26)16(27-8)21-7-19-11-14(17-6-18-15(11)21)20-9(22)3-2-4-10(23)24/h6-8,12-13,16,25-26H,2-5H2,1H3,(H,23,24)(H,17,18,20,22)/t8-,12-,13-,16-/m1/s1. The van der Waals surface area contributed by atoms with Crippen LogP contribution in [0.3, 0.4) is 0 Å². The average Bonchev–Trinajstić information content (AvgIpc) is 3.19. The van der Waals surface area contributed by atoms with Gasteiger partial charge in [0.2, 0.25) is 5.91 Å². The van der Waals surface area contributed by atoms with Crippen LogP contribution in [0.1, 0.15) is 25.5 Å². The minimum absolute atomic E-state index is 0.0332. The van der Waals surface area contributed by atoms with Gasteiger partial charge in [-0.25, -0.2) is 15.0 Å². The van der Waals surface area contributed by atoms with Crippen LogP contribution in [0.5, 0.6) is 0 Å². The molecule has 0 radical (unpaired) electrons. The summed E-state index contributed by atoms with van der Waals surface area (Å²) in [5.41, 5.74) is 0.629. The molecule has 1 saturated heterocycles. The normalized spacial score (nSPS) is 24.5. The third-order valence-corrected chi connectivity index (χ3v) is 5.02. The number of ether oxygens (including phenoxy) is 1. The number of anilines is 1. The molecule has 11 nitrogen and oxygen atoms in total. The van der Waals surface area contributed by atoms with E-state index in [0.29, 0.717) is 16.9 Å². The number of hydrogen-bond donors (Lipinski definition) is 4. The summed E-state index contributed by atoms with van der Waals surface area (Å²) < 4.78 is 7.27. The van der Waals surface area contributed by atoms with Gasteiger partial charge >= 0.3 is 5.97 Å². The van der Waals surface area contributed by atoms with E-state index in [1.165, 1.54) is 29.0 Å². The Hall–Kier alpha value is -2.28. The molecule has 4 atom stereocenters. The zero-order valence-electron chi connectivity index (χ0n) is 15.1. The number of aliphatic hydroxyl groups is 2. The Balaban J connectivity index is 1.78. The number of rotatable bonds is 8. The molecule has 3 heterocycles. The Labute approximate surface area is 164 Å². The average molecular weight is 411 g/mol. The molecule has 28 heavy (non-hydrogen) atoms. The van der Waals surface area contributed by atoms with Crippen molar-refractivity contribution in [2.75, 3.05) is 17.3 Å². The molecule has 0 bridgehead atoms. The quantitative estimate of drug-likeness (QED) is 0.465. The SMILES string of the molecule is CSC[C@H]1O[C@@H](n2cnc3c(NC(=O)CCCC(=O)O)ncnc32)[C@H](O)[C@@H]1O. The molecule has 2 aromatic heterocycles. The molecule has 0 saturated carbocycles. The molecule has 1 aliphatic heterocycles. The molecule has 1 amide bonds. The number of imidazole rings is 1. The summed E-state index contributed by atoms with van der Waals surface area (Å²) >= 11 is 1.49. The van der Waals surface area contributed by atoms with Crippen molar-refractivity contribution in [3.8, 4) is 0 Å². The zero-order valence-corrected chi connectivity index (χ0v) is 15.9. The summed E-state index contributed by atoms with van der Waals surface area (Å²) in [5.74, 6) is -0.650. The van der Waals surface area contributed by atoms with E-state index in [1.807, 2.05) is 6.26 Å². The number of carboxylic acids is 1. The van der Waals surface area contributed by atoms with E-state index in [1.54, 1.807) is 0 Å². The predicted molar refractivity (Wildman–Crippen MR) is 99.7 cm³/mol. The molecule has 3 rings (SSSR count). The van der Waals surface area contributed by atoms with E-state index in [9.17, 15) is 19.8 Å². The fourth-order valence-corrected chi connectivity index (χ4v) is 3.59. The first-order valence-electron chi connectivity index (χ1n) is 8.62. The summed E-state index contributed by atoms with van der Waals surface area (Å²) in [6.45, 7) is 0. The van der Waals surface area contributed by atoms with Crippen LogP contribution < -0.4 is 5.32 Å². The lowest BCUT2D eigenvalue weighted by Gasteiger charge is -2.16. The van der Waals surface area contributed by atoms with Crippen LogP contribution in [0, 0.1) is 0 Å². The van der Waals surface area contributed by atoms with E-state index < -0.39 is 30.5 Å². The second kappa shape index (κ2) is 8.82. The zero-order chi connectivity index (χ0) is 20.3. The van der Waals surface area contributed by atoms with Crippen molar-refractivity contribution in [3.63, 3.8) is 0 Å². The van der Waals surface area contributed by atoms with Gasteiger partial charge in [0.05, 0.1) is 12.4 Å². The van der Waals surface area contributed by atoms with Crippen molar-refractivity contribution < 1.29 is 29.6 Å². The van der Waals surface area contributed by atoms with E-state index >= 15 is 0 Å². The molecule has 152 valence electrons. The lowest BCUT2D eigenvalue weighted by molar-refractivity contribution is -0.137. The van der Waals surface area contributed by atoms with Gasteiger partial charge in [0.1, 0.15) is 18.5 Å². The van der Waals surface area contributed by atoms with E-state index in [-0.39, 0.29) is 31.0 Å². The molecule has 2 aromatic rings. The maximum Gasteiger partial charge on any atom is 0.303 e. The van der Waals surface area contributed by atoms with Gasteiger partial charge in [-0.15, -0.1) is 0 Å². The van der Waals surface area contributed by atoms with Crippen molar-refractivity contribution in [3.05, 3.63) is 12.7 Å². The van der Waals surface area contributed by atoms with Crippen molar-refractivity contribution >= 4 is 40.6 Å². The summed E-state index contributed by atoms with van der Waals surface area (Å²) in [6.07, 6.45) is 1.08. The van der Waals surface area contributed by atoms with Gasteiger partial charge in [-0.05, 0) is 12.7 Å². The number of hydrogen-bond acceptors (Lipinski definition) is 9. The smallest absolute Gasteiger partial charge is 0.303 e. The van der Waals surface area contributed by atoms with Gasteiger partial charge in [-0.2, -0.15) is 11.8 Å². The predicted octanol–water partition coefficient (Wildman–Crippen LogP) is 0.00190. The largest absolute Gasteiger partial charge is 0.481 e. The van der Waals surface area contributed by atoms with Crippen LogP contribution >= 0.6 is 11.8 Å². The summed E-state index contributed by atoms with van der Waals surface area (Å²) in [5, 5.41) is 31.8. The Kier molecular flexibility index (Phi) is 6.44. The van der Waals surface area contributed by atoms with Crippen LogP contribution in [0.2, 0.25) is 0 Å². The number of aromatic nitrogens is 4. The van der Waals surface area contributed by atoms with Crippen LogP contribution in [0.25, 0.3) is 11.2 Å². The molecular weight excluding hydrogens is 390 g/mol. The second-order valence-electron chi connectivity index (χ2n) is 6.34. The molecule has 0 aliphatic carbocycles. The number of thioether (sulfide) groups is 1. The number of carbonyl (C=O) groups is 2. The number of aliphatic hydroxyl groups excluding tert-OH is 2. The van der Waals surface area contributed by atoms with Gasteiger partial charge in [-0.3, -0.25) is 14.2 Å². The Morgan fingerprint density at radius 2 is 2.04 bits per heavy atom. The monoisotopic (exact) mass is 411 g/mol. The van der Waals surface area contributed by atoms with E-state index in [2.05, 4.69) is 20.3 Å². The van der Waals surface area contributed by atoms with Gasteiger partial charge in [0, 0.05) is 18.6 Å². The number of carboxylic acid groups (broad SMARTS) is 1. The Morgan fingerprint density at radius 1 is 1.25 bits per heavy atom. The highest BCUT2D eigenvalue weighted by atomic mass is 32.2. The van der Waals surface area contributed by atoms with Crippen LogP contribution in [0.15, 0.2) is 12.7 Å². The van der Waals surface area contributed by atoms with Gasteiger partial charge in [-0.1, -0.05) is 0 Å². The van der Waals surface area contributed by atoms with Gasteiger partial charge in [0.25, 0.3) is 0 Å². The van der Waals surface area contributed by atoms with Crippen LogP contribution in [-0.2, 0) is 14.3 Å². The maximum absolute atomic E-state index is 12.0. The molecule has 1 aliphatic rings. The minimum Gasteiger partial charge on any atom is -0.481 e. The maximum atomic E-state index is 12.0. The lowest BCUT2D eigenvalue weighted by Crippen LogP contribution is -2.32. The van der Waals surface area contributed by atoms with Crippen molar-refractivity contribution in [1.29, 1.82) is 0 Å². The number of aliphatic carboxylic acids is 1. The molecule has 0 unspecified atom stereocenters. The first-order valence-corrected chi connectivity index (χ1v) is 10.0. The van der Waals surface area contributed by atoms with Crippen LogP contribution in [-0.4, -0.2) is 77.0 Å². The molecular formula is C16H21N5O6S. The first kappa shape index (κ1) is 20.5. The topological polar surface area (TPSA) is 160 Å². The summed E-state index contributed by atoms with van der Waals surface area (Å²) in [6, 6.07) is 0. The van der Waals surface area contributed by atoms with Gasteiger partial charge in [0.15, 0.2) is 23.2 Å². The van der Waals surface area contributed by atoms with Gasteiger partial charge < -0.3 is 25.4 Å². The first-order chi connectivity index (χ1) is 13.4. The number of carbonyl (C=O) groups excluding carboxylic acids is 1. The van der Waals surface area contributed by atoms with Crippen molar-refractivity contribution in [2.24, 2.45) is 0 Å². The fourth-order valence-electron chi connectivity index (χ4n) is 2.99. The highest BCUT2D eigenvalue weighted by molar-refractivity contribution is 7.98. The second-order valence-corrected chi connectivity index (χ2v) is 7.25. The summed E-state index contributed by atoms with van der Waals surface area (Å²) in [4.78, 5) is 34.9. The molecule has 12 heteroatoms. The minimum atomic E-state index is -1.15. The molecule has 4 N–H and O–H groups in total. The third kappa shape index (κ3) is 4.24. The number of amides is 1.